The summed E-state index contributed by atoms with van der Waals surface area (Å²) in [6, 6.07) is 11.1. The molecular formula is C15H12FNO3. The molecule has 0 spiro atoms. The lowest BCUT2D eigenvalue weighted by molar-refractivity contribution is 0.282. The summed E-state index contributed by atoms with van der Waals surface area (Å²) in [7, 11) is 0. The van der Waals surface area contributed by atoms with Gasteiger partial charge in [0.1, 0.15) is 5.82 Å². The van der Waals surface area contributed by atoms with Gasteiger partial charge in [-0.15, -0.1) is 0 Å². The van der Waals surface area contributed by atoms with Gasteiger partial charge in [-0.1, -0.05) is 18.2 Å². The second-order valence-electron chi connectivity index (χ2n) is 4.54. The lowest BCUT2D eigenvalue weighted by atomic mass is 10.2. The van der Waals surface area contributed by atoms with E-state index in [1.165, 1.54) is 16.7 Å². The molecule has 3 rings (SSSR count). The van der Waals surface area contributed by atoms with Gasteiger partial charge in [-0.25, -0.2) is 9.18 Å². The molecule has 2 aromatic carbocycles. The van der Waals surface area contributed by atoms with Crippen molar-refractivity contribution in [3.05, 3.63) is 70.0 Å². The van der Waals surface area contributed by atoms with Gasteiger partial charge in [0.15, 0.2) is 5.58 Å². The Morgan fingerprint density at radius 2 is 2.00 bits per heavy atom. The van der Waals surface area contributed by atoms with E-state index in [0.29, 0.717) is 22.2 Å². The van der Waals surface area contributed by atoms with Gasteiger partial charge in [-0.2, -0.15) is 0 Å². The second-order valence-corrected chi connectivity index (χ2v) is 4.54. The highest BCUT2D eigenvalue weighted by atomic mass is 19.1. The number of oxazole rings is 1. The molecule has 0 unspecified atom stereocenters. The van der Waals surface area contributed by atoms with E-state index in [0.717, 1.165) is 0 Å². The van der Waals surface area contributed by atoms with Crippen molar-refractivity contribution in [2.75, 3.05) is 0 Å². The van der Waals surface area contributed by atoms with E-state index in [1.807, 2.05) is 0 Å². The highest BCUT2D eigenvalue weighted by molar-refractivity contribution is 5.73. The highest BCUT2D eigenvalue weighted by Crippen LogP contribution is 2.16. The Morgan fingerprint density at radius 3 is 2.75 bits per heavy atom. The van der Waals surface area contributed by atoms with Gasteiger partial charge in [-0.05, 0) is 35.4 Å². The van der Waals surface area contributed by atoms with Crippen LogP contribution < -0.4 is 5.76 Å². The van der Waals surface area contributed by atoms with Crippen LogP contribution in [0.25, 0.3) is 11.1 Å². The normalized spacial score (nSPS) is 11.1. The fourth-order valence-electron chi connectivity index (χ4n) is 2.18. The smallest absolute Gasteiger partial charge is 0.408 e. The largest absolute Gasteiger partial charge is 0.420 e. The summed E-state index contributed by atoms with van der Waals surface area (Å²) in [4.78, 5) is 11.9. The summed E-state index contributed by atoms with van der Waals surface area (Å²) >= 11 is 0. The molecule has 0 amide bonds. The Hall–Kier alpha value is -2.40. The Kier molecular flexibility index (Phi) is 3.12. The zero-order valence-corrected chi connectivity index (χ0v) is 10.5. The van der Waals surface area contributed by atoms with Gasteiger partial charge in [-0.3, -0.25) is 4.57 Å². The SMILES string of the molecule is O=c1oc2cc(CO)ccc2n1Cc1cccc(F)c1. The molecule has 102 valence electrons. The van der Waals surface area contributed by atoms with Crippen LogP contribution in [0.15, 0.2) is 51.7 Å². The van der Waals surface area contributed by atoms with Crippen molar-refractivity contribution in [3.8, 4) is 0 Å². The third-order valence-electron chi connectivity index (χ3n) is 3.14. The molecule has 5 heteroatoms. The predicted octanol–water partition coefficient (Wildman–Crippen LogP) is 2.27. The quantitative estimate of drug-likeness (QED) is 0.796. The third-order valence-corrected chi connectivity index (χ3v) is 3.14. The summed E-state index contributed by atoms with van der Waals surface area (Å²) in [5.41, 5.74) is 2.39. The molecule has 20 heavy (non-hydrogen) atoms. The molecule has 0 saturated heterocycles. The maximum atomic E-state index is 13.2. The number of benzene rings is 2. The first-order valence-corrected chi connectivity index (χ1v) is 6.15. The average Bonchev–Trinajstić information content (AvgIpc) is 2.74. The molecule has 0 bridgehead atoms. The zero-order valence-electron chi connectivity index (χ0n) is 10.5. The van der Waals surface area contributed by atoms with E-state index >= 15 is 0 Å². The van der Waals surface area contributed by atoms with E-state index in [9.17, 15) is 9.18 Å². The van der Waals surface area contributed by atoms with Crippen molar-refractivity contribution in [1.82, 2.24) is 4.57 Å². The van der Waals surface area contributed by atoms with Crippen LogP contribution in [0.3, 0.4) is 0 Å². The molecule has 3 aromatic rings. The minimum atomic E-state index is -0.501. The number of aromatic nitrogens is 1. The van der Waals surface area contributed by atoms with Crippen molar-refractivity contribution in [3.63, 3.8) is 0 Å². The van der Waals surface area contributed by atoms with Gasteiger partial charge in [0.25, 0.3) is 0 Å². The molecule has 0 fully saturated rings. The Labute approximate surface area is 113 Å². The first-order chi connectivity index (χ1) is 9.67. The van der Waals surface area contributed by atoms with Gasteiger partial charge < -0.3 is 9.52 Å². The monoisotopic (exact) mass is 273 g/mol. The van der Waals surface area contributed by atoms with E-state index < -0.39 is 5.76 Å². The standard InChI is InChI=1S/C15H12FNO3/c16-12-3-1-2-10(6-12)8-17-13-5-4-11(9-18)7-14(13)20-15(17)19/h1-7,18H,8-9H2. The fraction of sp³-hybridized carbons (Fsp3) is 0.133. The number of rotatable bonds is 3. The van der Waals surface area contributed by atoms with Crippen LogP contribution in [0, 0.1) is 5.82 Å². The molecule has 4 nitrogen and oxygen atoms in total. The Morgan fingerprint density at radius 1 is 1.15 bits per heavy atom. The minimum absolute atomic E-state index is 0.116. The molecule has 0 aliphatic rings. The molecule has 1 aromatic heterocycles. The number of aliphatic hydroxyl groups is 1. The number of hydrogen-bond donors (Lipinski definition) is 1. The number of hydrogen-bond acceptors (Lipinski definition) is 3. The van der Waals surface area contributed by atoms with E-state index in [2.05, 4.69) is 0 Å². The average molecular weight is 273 g/mol. The molecule has 0 atom stereocenters. The lowest BCUT2D eigenvalue weighted by Gasteiger charge is -2.03. The van der Waals surface area contributed by atoms with Crippen molar-refractivity contribution >= 4 is 11.1 Å². The number of aliphatic hydroxyl groups excluding tert-OH is 1. The molecule has 0 aliphatic carbocycles. The van der Waals surface area contributed by atoms with Crippen LogP contribution in [0.4, 0.5) is 4.39 Å². The molecule has 1 N–H and O–H groups in total. The van der Waals surface area contributed by atoms with Crippen molar-refractivity contribution in [2.45, 2.75) is 13.2 Å². The predicted molar refractivity (Wildman–Crippen MR) is 71.9 cm³/mol. The summed E-state index contributed by atoms with van der Waals surface area (Å²) in [6.45, 7) is 0.122. The molecule has 1 heterocycles. The van der Waals surface area contributed by atoms with E-state index in [1.54, 1.807) is 30.3 Å². The van der Waals surface area contributed by atoms with Gasteiger partial charge >= 0.3 is 5.76 Å². The van der Waals surface area contributed by atoms with Crippen molar-refractivity contribution < 1.29 is 13.9 Å². The minimum Gasteiger partial charge on any atom is -0.408 e. The highest BCUT2D eigenvalue weighted by Gasteiger charge is 2.10. The second kappa shape index (κ2) is 4.94. The van der Waals surface area contributed by atoms with Crippen LogP contribution >= 0.6 is 0 Å². The van der Waals surface area contributed by atoms with Crippen LogP contribution in [0.5, 0.6) is 0 Å². The molecule has 0 aliphatic heterocycles. The number of fused-ring (bicyclic) bond motifs is 1. The van der Waals surface area contributed by atoms with Crippen LogP contribution in [-0.2, 0) is 13.2 Å². The van der Waals surface area contributed by atoms with Crippen LogP contribution in [0.2, 0.25) is 0 Å². The van der Waals surface area contributed by atoms with E-state index in [4.69, 9.17) is 9.52 Å². The molecular weight excluding hydrogens is 261 g/mol. The van der Waals surface area contributed by atoms with Crippen LogP contribution in [-0.4, -0.2) is 9.67 Å². The van der Waals surface area contributed by atoms with Gasteiger partial charge in [0.2, 0.25) is 0 Å². The number of halogens is 1. The first kappa shape index (κ1) is 12.6. The van der Waals surface area contributed by atoms with Crippen LogP contribution in [0.1, 0.15) is 11.1 Å². The van der Waals surface area contributed by atoms with Crippen molar-refractivity contribution in [2.24, 2.45) is 0 Å². The molecule has 0 radical (unpaired) electrons. The summed E-state index contributed by atoms with van der Waals surface area (Å²) in [5.74, 6) is -0.842. The summed E-state index contributed by atoms with van der Waals surface area (Å²) in [6.07, 6.45) is 0. The Bertz CT molecular complexity index is 819. The van der Waals surface area contributed by atoms with Gasteiger partial charge in [0.05, 0.1) is 18.7 Å². The van der Waals surface area contributed by atoms with E-state index in [-0.39, 0.29) is 19.0 Å². The first-order valence-electron chi connectivity index (χ1n) is 6.15. The number of nitrogens with zero attached hydrogens (tertiary/aromatic N) is 1. The fourth-order valence-corrected chi connectivity index (χ4v) is 2.18. The lowest BCUT2D eigenvalue weighted by Crippen LogP contribution is -2.14. The third kappa shape index (κ3) is 2.23. The topological polar surface area (TPSA) is 55.4 Å². The maximum Gasteiger partial charge on any atom is 0.420 e. The maximum absolute atomic E-state index is 13.2. The zero-order chi connectivity index (χ0) is 14.1. The summed E-state index contributed by atoms with van der Waals surface area (Å²) < 4.78 is 19.8. The van der Waals surface area contributed by atoms with Gasteiger partial charge in [0, 0.05) is 0 Å². The molecule has 0 saturated carbocycles. The van der Waals surface area contributed by atoms with Crippen molar-refractivity contribution in [1.29, 1.82) is 0 Å². The Balaban J connectivity index is 2.07. The summed E-state index contributed by atoms with van der Waals surface area (Å²) in [5, 5.41) is 9.07.